The molecule has 1 aliphatic heterocycles. The van der Waals surface area contributed by atoms with Gasteiger partial charge in [-0.1, -0.05) is 19.1 Å². The summed E-state index contributed by atoms with van der Waals surface area (Å²) in [5.74, 6) is 0.537. The molecule has 2 atom stereocenters. The fourth-order valence-electron chi connectivity index (χ4n) is 2.48. The number of benzene rings is 1. The highest BCUT2D eigenvalue weighted by molar-refractivity contribution is 5.79. The Morgan fingerprint density at radius 1 is 1.37 bits per heavy atom. The first-order valence-electron chi connectivity index (χ1n) is 6.88. The summed E-state index contributed by atoms with van der Waals surface area (Å²) in [5.41, 5.74) is 1.04. The Labute approximate surface area is 113 Å². The van der Waals surface area contributed by atoms with E-state index in [4.69, 9.17) is 0 Å². The Kier molecular flexibility index (Phi) is 4.91. The predicted molar refractivity (Wildman–Crippen MR) is 73.3 cm³/mol. The van der Waals surface area contributed by atoms with Crippen LogP contribution in [0.3, 0.4) is 0 Å². The van der Waals surface area contributed by atoms with Crippen LogP contribution >= 0.6 is 0 Å². The molecule has 2 rings (SSSR count). The molecule has 1 saturated heterocycles. The van der Waals surface area contributed by atoms with Gasteiger partial charge in [0.15, 0.2) is 0 Å². The molecule has 1 aliphatic rings. The van der Waals surface area contributed by atoms with Crippen molar-refractivity contribution >= 4 is 5.91 Å². The number of rotatable bonds is 4. The van der Waals surface area contributed by atoms with Crippen LogP contribution in [0.25, 0.3) is 0 Å². The van der Waals surface area contributed by atoms with E-state index < -0.39 is 0 Å². The zero-order valence-electron chi connectivity index (χ0n) is 11.3. The second kappa shape index (κ2) is 6.66. The third-order valence-corrected chi connectivity index (χ3v) is 3.57. The Morgan fingerprint density at radius 2 is 2.11 bits per heavy atom. The van der Waals surface area contributed by atoms with Gasteiger partial charge in [-0.15, -0.1) is 0 Å². The van der Waals surface area contributed by atoms with Gasteiger partial charge in [0, 0.05) is 13.1 Å². The lowest BCUT2D eigenvalue weighted by Gasteiger charge is -2.26. The predicted octanol–water partition coefficient (Wildman–Crippen LogP) is 1.73. The van der Waals surface area contributed by atoms with Crippen molar-refractivity contribution in [1.82, 2.24) is 10.6 Å². The van der Waals surface area contributed by atoms with E-state index >= 15 is 0 Å². The standard InChI is InChI=1S/C15H21FN2O/c1-11-8-13(10-17-9-11)15(19)18-7-6-12-2-4-14(16)5-3-12/h2-5,11,13,17H,6-10H2,1H3,(H,18,19). The van der Waals surface area contributed by atoms with Gasteiger partial charge < -0.3 is 10.6 Å². The lowest BCUT2D eigenvalue weighted by atomic mass is 9.91. The van der Waals surface area contributed by atoms with Crippen molar-refractivity contribution in [3.63, 3.8) is 0 Å². The fourth-order valence-corrected chi connectivity index (χ4v) is 2.48. The summed E-state index contributed by atoms with van der Waals surface area (Å²) in [6, 6.07) is 6.41. The molecule has 1 amide bonds. The molecule has 1 heterocycles. The Hall–Kier alpha value is -1.42. The van der Waals surface area contributed by atoms with Crippen molar-refractivity contribution in [2.75, 3.05) is 19.6 Å². The molecule has 1 aromatic carbocycles. The normalized spacial score (nSPS) is 23.1. The van der Waals surface area contributed by atoms with E-state index in [-0.39, 0.29) is 17.6 Å². The molecule has 1 fully saturated rings. The molecule has 2 unspecified atom stereocenters. The van der Waals surface area contributed by atoms with Crippen molar-refractivity contribution in [2.45, 2.75) is 19.8 Å². The van der Waals surface area contributed by atoms with Gasteiger partial charge >= 0.3 is 0 Å². The smallest absolute Gasteiger partial charge is 0.224 e. The van der Waals surface area contributed by atoms with Crippen molar-refractivity contribution in [1.29, 1.82) is 0 Å². The van der Waals surface area contributed by atoms with Crippen LogP contribution in [0.15, 0.2) is 24.3 Å². The van der Waals surface area contributed by atoms with Crippen molar-refractivity contribution in [3.8, 4) is 0 Å². The minimum Gasteiger partial charge on any atom is -0.355 e. The van der Waals surface area contributed by atoms with E-state index in [0.29, 0.717) is 12.5 Å². The van der Waals surface area contributed by atoms with E-state index in [1.165, 1.54) is 12.1 Å². The van der Waals surface area contributed by atoms with Crippen LogP contribution in [-0.4, -0.2) is 25.5 Å². The number of hydrogen-bond acceptors (Lipinski definition) is 2. The van der Waals surface area contributed by atoms with Crippen LogP contribution in [0.1, 0.15) is 18.9 Å². The summed E-state index contributed by atoms with van der Waals surface area (Å²) in [7, 11) is 0. The summed E-state index contributed by atoms with van der Waals surface area (Å²) < 4.78 is 12.7. The van der Waals surface area contributed by atoms with Gasteiger partial charge in [0.1, 0.15) is 5.82 Å². The maximum absolute atomic E-state index is 12.7. The highest BCUT2D eigenvalue weighted by Crippen LogP contribution is 2.15. The number of carbonyl (C=O) groups excluding carboxylic acids is 1. The molecule has 0 aromatic heterocycles. The van der Waals surface area contributed by atoms with E-state index in [0.717, 1.165) is 31.5 Å². The average Bonchev–Trinajstić information content (AvgIpc) is 2.41. The van der Waals surface area contributed by atoms with Gasteiger partial charge in [0.05, 0.1) is 5.92 Å². The summed E-state index contributed by atoms with van der Waals surface area (Å²) in [6.45, 7) is 4.53. The SMILES string of the molecule is CC1CNCC(C(=O)NCCc2ccc(F)cc2)C1. The first-order chi connectivity index (χ1) is 9.15. The molecule has 4 heteroatoms. The molecule has 0 radical (unpaired) electrons. The summed E-state index contributed by atoms with van der Waals surface area (Å²) in [6.07, 6.45) is 1.69. The Morgan fingerprint density at radius 3 is 2.79 bits per heavy atom. The molecule has 3 nitrogen and oxygen atoms in total. The lowest BCUT2D eigenvalue weighted by Crippen LogP contribution is -2.43. The Bertz CT molecular complexity index is 419. The van der Waals surface area contributed by atoms with Gasteiger partial charge in [-0.3, -0.25) is 4.79 Å². The number of hydrogen-bond donors (Lipinski definition) is 2. The summed E-state index contributed by atoms with van der Waals surface area (Å²) >= 11 is 0. The first kappa shape index (κ1) is 14.0. The molecular formula is C15H21FN2O. The Balaban J connectivity index is 1.73. The number of piperidine rings is 1. The fraction of sp³-hybridized carbons (Fsp3) is 0.533. The highest BCUT2D eigenvalue weighted by Gasteiger charge is 2.24. The van der Waals surface area contributed by atoms with Crippen LogP contribution in [0.2, 0.25) is 0 Å². The second-order valence-corrected chi connectivity index (χ2v) is 5.36. The van der Waals surface area contributed by atoms with Gasteiger partial charge in [-0.25, -0.2) is 4.39 Å². The summed E-state index contributed by atoms with van der Waals surface area (Å²) in [4.78, 5) is 12.0. The van der Waals surface area contributed by atoms with Crippen molar-refractivity contribution in [2.24, 2.45) is 11.8 Å². The molecule has 104 valence electrons. The second-order valence-electron chi connectivity index (χ2n) is 5.36. The van der Waals surface area contributed by atoms with Gasteiger partial charge in [-0.2, -0.15) is 0 Å². The maximum Gasteiger partial charge on any atom is 0.224 e. The number of halogens is 1. The van der Waals surface area contributed by atoms with E-state index in [2.05, 4.69) is 17.6 Å². The molecule has 0 aliphatic carbocycles. The third kappa shape index (κ3) is 4.31. The number of carbonyl (C=O) groups is 1. The zero-order chi connectivity index (χ0) is 13.7. The molecular weight excluding hydrogens is 243 g/mol. The van der Waals surface area contributed by atoms with Crippen LogP contribution in [0, 0.1) is 17.7 Å². The number of amides is 1. The molecule has 0 bridgehead atoms. The lowest BCUT2D eigenvalue weighted by molar-refractivity contribution is -0.125. The molecule has 2 N–H and O–H groups in total. The summed E-state index contributed by atoms with van der Waals surface area (Å²) in [5, 5.41) is 6.24. The van der Waals surface area contributed by atoms with E-state index in [9.17, 15) is 9.18 Å². The van der Waals surface area contributed by atoms with E-state index in [1.54, 1.807) is 12.1 Å². The van der Waals surface area contributed by atoms with Crippen molar-refractivity contribution in [3.05, 3.63) is 35.6 Å². The van der Waals surface area contributed by atoms with Crippen LogP contribution in [0.4, 0.5) is 4.39 Å². The van der Waals surface area contributed by atoms with Crippen LogP contribution in [0.5, 0.6) is 0 Å². The quantitative estimate of drug-likeness (QED) is 0.869. The highest BCUT2D eigenvalue weighted by atomic mass is 19.1. The van der Waals surface area contributed by atoms with E-state index in [1.807, 2.05) is 0 Å². The monoisotopic (exact) mass is 264 g/mol. The molecule has 19 heavy (non-hydrogen) atoms. The van der Waals surface area contributed by atoms with Crippen LogP contribution < -0.4 is 10.6 Å². The van der Waals surface area contributed by atoms with Crippen LogP contribution in [-0.2, 0) is 11.2 Å². The topological polar surface area (TPSA) is 41.1 Å². The van der Waals surface area contributed by atoms with Gasteiger partial charge in [-0.05, 0) is 43.0 Å². The molecule has 1 aromatic rings. The third-order valence-electron chi connectivity index (χ3n) is 3.57. The molecule has 0 spiro atoms. The van der Waals surface area contributed by atoms with Gasteiger partial charge in [0.2, 0.25) is 5.91 Å². The number of nitrogens with one attached hydrogen (secondary N) is 2. The van der Waals surface area contributed by atoms with Gasteiger partial charge in [0.25, 0.3) is 0 Å². The minimum atomic E-state index is -0.227. The maximum atomic E-state index is 12.7. The average molecular weight is 264 g/mol. The first-order valence-corrected chi connectivity index (χ1v) is 6.88. The molecule has 0 saturated carbocycles. The minimum absolute atomic E-state index is 0.0805. The zero-order valence-corrected chi connectivity index (χ0v) is 11.3. The van der Waals surface area contributed by atoms with Crippen molar-refractivity contribution < 1.29 is 9.18 Å². The largest absolute Gasteiger partial charge is 0.355 e.